The number of hydrogen-bond acceptors (Lipinski definition) is 2. The van der Waals surface area contributed by atoms with Gasteiger partial charge in [-0.2, -0.15) is 13.2 Å². The fourth-order valence-corrected chi connectivity index (χ4v) is 5.29. The number of rotatable bonds is 6. The van der Waals surface area contributed by atoms with Gasteiger partial charge in [0.15, 0.2) is 87.2 Å². The minimum Gasteiger partial charge on any atom is -0.521 e. The number of fused-ring (bicyclic) bond motifs is 3. The smallest absolute Gasteiger partial charge is 0.521 e. The number of halogens is 17. The molecule has 6 rings (SSSR count). The quantitative estimate of drug-likeness (QED) is 0.0747. The van der Waals surface area contributed by atoms with E-state index >= 15 is 26.3 Å². The number of hydrogen-bond donors (Lipinski definition) is 0. The van der Waals surface area contributed by atoms with E-state index in [1.165, 1.54) is 0 Å². The first-order valence-corrected chi connectivity index (χ1v) is 13.4. The first-order chi connectivity index (χ1) is 23.8. The number of benzene rings is 5. The Morgan fingerprint density at radius 3 is 1.51 bits per heavy atom. The predicted molar refractivity (Wildman–Crippen MR) is 139 cm³/mol. The lowest BCUT2D eigenvalue weighted by atomic mass is 9.76. The van der Waals surface area contributed by atoms with Crippen LogP contribution in [0.15, 0.2) is 36.4 Å². The summed E-state index contributed by atoms with van der Waals surface area (Å²) in [6.45, 7) is 0. The predicted octanol–water partition coefficient (Wildman–Crippen LogP) is 9.41. The van der Waals surface area contributed by atoms with Crippen molar-refractivity contribution in [1.82, 2.24) is 0 Å². The van der Waals surface area contributed by atoms with Gasteiger partial charge >= 0.3 is 13.0 Å². The zero-order valence-electron chi connectivity index (χ0n) is 23.8. The molecule has 0 unspecified atom stereocenters. The van der Waals surface area contributed by atoms with Gasteiger partial charge in [-0.25, -0.2) is 61.5 Å². The van der Waals surface area contributed by atoms with Gasteiger partial charge in [0.05, 0.1) is 16.6 Å². The molecule has 5 aromatic carbocycles. The first-order valence-electron chi connectivity index (χ1n) is 13.4. The molecule has 0 N–H and O–H groups in total. The highest BCUT2D eigenvalue weighted by atomic mass is 19.3. The van der Waals surface area contributed by atoms with Crippen LogP contribution in [-0.4, -0.2) is 7.12 Å². The molecule has 1 aliphatic carbocycles. The van der Waals surface area contributed by atoms with Gasteiger partial charge in [-0.15, -0.1) is 0 Å². The zero-order valence-corrected chi connectivity index (χ0v) is 23.8. The van der Waals surface area contributed by atoms with E-state index < -0.39 is 151 Å². The van der Waals surface area contributed by atoms with Crippen LogP contribution in [0.4, 0.5) is 74.6 Å². The molecule has 0 spiro atoms. The summed E-state index contributed by atoms with van der Waals surface area (Å²) >= 11 is 0. The van der Waals surface area contributed by atoms with Gasteiger partial charge < -0.3 is 9.31 Å². The lowest BCUT2D eigenvalue weighted by Gasteiger charge is -2.24. The van der Waals surface area contributed by atoms with E-state index in [0.717, 1.165) is 18.2 Å². The molecule has 0 atom stereocenters. The van der Waals surface area contributed by atoms with Crippen LogP contribution in [0.3, 0.4) is 0 Å². The summed E-state index contributed by atoms with van der Waals surface area (Å²) in [5.74, 6) is -49.2. The van der Waals surface area contributed by atoms with E-state index in [2.05, 4.69) is 0 Å². The maximum Gasteiger partial charge on any atom is 0.639 e. The van der Waals surface area contributed by atoms with Crippen molar-refractivity contribution in [3.63, 3.8) is 0 Å². The Hall–Kier alpha value is -5.43. The molecule has 51 heavy (non-hydrogen) atoms. The minimum atomic E-state index is -5.46. The van der Waals surface area contributed by atoms with Crippen LogP contribution >= 0.6 is 0 Å². The maximum absolute atomic E-state index is 15.8. The molecular weight excluding hydrogens is 738 g/mol. The third-order valence-corrected chi connectivity index (χ3v) is 7.58. The van der Waals surface area contributed by atoms with Crippen molar-refractivity contribution in [2.24, 2.45) is 0 Å². The third kappa shape index (κ3) is 5.04. The fourth-order valence-electron chi connectivity index (χ4n) is 5.29. The van der Waals surface area contributed by atoms with Gasteiger partial charge in [-0.05, 0) is 18.2 Å². The highest BCUT2D eigenvalue weighted by Crippen LogP contribution is 2.58. The third-order valence-electron chi connectivity index (χ3n) is 7.58. The van der Waals surface area contributed by atoms with Crippen LogP contribution in [-0.2, 0) is 5.92 Å². The molecule has 0 bridgehead atoms. The average molecular weight is 744 g/mol. The Bertz CT molecular complexity index is 2300. The second kappa shape index (κ2) is 12.1. The van der Waals surface area contributed by atoms with Gasteiger partial charge in [0.1, 0.15) is 5.75 Å². The minimum absolute atomic E-state index is 0.353. The Kier molecular flexibility index (Phi) is 8.41. The van der Waals surface area contributed by atoms with Gasteiger partial charge in [0.2, 0.25) is 5.82 Å². The summed E-state index contributed by atoms with van der Waals surface area (Å²) < 4.78 is 260. The van der Waals surface area contributed by atoms with Crippen molar-refractivity contribution in [2.75, 3.05) is 0 Å². The molecule has 0 aromatic heterocycles. The van der Waals surface area contributed by atoms with Crippen LogP contribution in [0.25, 0.3) is 22.3 Å². The second-order valence-electron chi connectivity index (χ2n) is 10.4. The summed E-state index contributed by atoms with van der Waals surface area (Å²) in [4.78, 5) is 0. The Morgan fingerprint density at radius 2 is 0.902 bits per heavy atom. The van der Waals surface area contributed by atoms with Crippen LogP contribution in [0, 0.1) is 87.3 Å². The summed E-state index contributed by atoms with van der Waals surface area (Å²) in [7, 11) is -3.56. The zero-order chi connectivity index (χ0) is 37.6. The Labute approximate surface area is 271 Å². The topological polar surface area (TPSA) is 18.5 Å². The van der Waals surface area contributed by atoms with Crippen molar-refractivity contribution in [2.45, 2.75) is 5.92 Å². The van der Waals surface area contributed by atoms with E-state index in [0.29, 0.717) is 18.2 Å². The van der Waals surface area contributed by atoms with Crippen LogP contribution in [0.5, 0.6) is 11.5 Å². The largest absolute Gasteiger partial charge is 0.639 e. The van der Waals surface area contributed by atoms with Crippen molar-refractivity contribution < 1.29 is 83.9 Å². The molecule has 0 fully saturated rings. The van der Waals surface area contributed by atoms with Crippen molar-refractivity contribution >= 4 is 12.6 Å². The molecular formula is C31H6BF17O2. The Balaban J connectivity index is 1.65. The van der Waals surface area contributed by atoms with Gasteiger partial charge in [-0.3, -0.25) is 0 Å². The van der Waals surface area contributed by atoms with Crippen LogP contribution in [0.2, 0.25) is 0 Å². The highest BCUT2D eigenvalue weighted by molar-refractivity contribution is 6.63. The summed E-state index contributed by atoms with van der Waals surface area (Å²) in [5.41, 5.74) is -13.6. The van der Waals surface area contributed by atoms with Crippen molar-refractivity contribution in [3.05, 3.63) is 135 Å². The van der Waals surface area contributed by atoms with Gasteiger partial charge in [0.25, 0.3) is 0 Å². The van der Waals surface area contributed by atoms with Crippen LogP contribution in [0.1, 0.15) is 11.1 Å². The second-order valence-corrected chi connectivity index (χ2v) is 10.4. The number of alkyl halides is 2. The van der Waals surface area contributed by atoms with Crippen molar-refractivity contribution in [3.8, 4) is 33.8 Å². The molecule has 1 aliphatic rings. The number of para-hydroxylation sites is 1. The monoisotopic (exact) mass is 744 g/mol. The lowest BCUT2D eigenvalue weighted by molar-refractivity contribution is 0.0404. The van der Waals surface area contributed by atoms with Crippen molar-refractivity contribution in [1.29, 1.82) is 0 Å². The molecule has 0 heterocycles. The molecule has 0 saturated heterocycles. The van der Waals surface area contributed by atoms with E-state index in [4.69, 9.17) is 9.31 Å². The average Bonchev–Trinajstić information content (AvgIpc) is 3.35. The lowest BCUT2D eigenvalue weighted by Crippen LogP contribution is -2.48. The van der Waals surface area contributed by atoms with E-state index in [1.807, 2.05) is 0 Å². The van der Waals surface area contributed by atoms with E-state index in [1.54, 1.807) is 0 Å². The van der Waals surface area contributed by atoms with E-state index in [9.17, 15) is 48.3 Å². The molecule has 0 radical (unpaired) electrons. The molecule has 264 valence electrons. The van der Waals surface area contributed by atoms with Crippen LogP contribution < -0.4 is 14.8 Å². The molecule has 2 nitrogen and oxygen atoms in total. The molecule has 0 saturated carbocycles. The maximum atomic E-state index is 15.8. The summed E-state index contributed by atoms with van der Waals surface area (Å²) in [6, 6.07) is 4.32. The SMILES string of the molecule is Fc1ccc(-c2ccccc2OB(Oc2c(F)c(F)c(F)c3c2C(F)(F)c2c(F)c(F)c(F)c(F)c2-3)c2c(F)c(F)c(F)c(F)c2F)c(F)c1F. The molecule has 20 heteroatoms. The normalized spacial score (nSPS) is 13.0. The van der Waals surface area contributed by atoms with Gasteiger partial charge in [-0.1, -0.05) is 18.2 Å². The molecule has 5 aromatic rings. The molecule has 0 amide bonds. The van der Waals surface area contributed by atoms with E-state index in [-0.39, 0.29) is 0 Å². The molecule has 0 aliphatic heterocycles. The fraction of sp³-hybridized carbons (Fsp3) is 0.0323. The highest BCUT2D eigenvalue weighted by Gasteiger charge is 2.56. The summed E-state index contributed by atoms with van der Waals surface area (Å²) in [6.07, 6.45) is 0. The standard InChI is InChI=1S/C31H6BF17O2/c33-9-6-5-8(16(34)17(9)35)7-3-1-2-4-10(7)50-32(15-21(39)26(44)28(46)27(45)22(15)40)51-30-14-12(19(37)24(42)29(30)47)11-13(31(14,48)49)20(38)25(43)23(41)18(11)36/h1-6H. The first kappa shape index (κ1) is 35.4. The van der Waals surface area contributed by atoms with Gasteiger partial charge in [0, 0.05) is 22.3 Å². The Morgan fingerprint density at radius 1 is 0.412 bits per heavy atom. The summed E-state index contributed by atoms with van der Waals surface area (Å²) in [5, 5.41) is 0.